The second kappa shape index (κ2) is 5.23. The number of H-pyrrole nitrogens is 1. The maximum absolute atomic E-state index is 11.5. The van der Waals surface area contributed by atoms with Crippen molar-refractivity contribution < 1.29 is 9.47 Å². The Bertz CT molecular complexity index is 396. The molecule has 1 heterocycles. The van der Waals surface area contributed by atoms with Gasteiger partial charge in [-0.25, -0.2) is 4.98 Å². The van der Waals surface area contributed by atoms with E-state index in [4.69, 9.17) is 9.47 Å². The fourth-order valence-corrected chi connectivity index (χ4v) is 1.39. The molecule has 0 saturated heterocycles. The van der Waals surface area contributed by atoms with Gasteiger partial charge in [-0.2, -0.15) is 0 Å². The molecule has 0 saturated carbocycles. The molecule has 1 rings (SSSR count). The molecular weight excluding hydrogens is 208 g/mol. The molecule has 5 heteroatoms. The quantitative estimate of drug-likeness (QED) is 0.819. The van der Waals surface area contributed by atoms with E-state index in [1.54, 1.807) is 14.2 Å². The van der Waals surface area contributed by atoms with E-state index in [0.29, 0.717) is 18.1 Å². The number of nitrogens with zero attached hydrogens (tertiary/aromatic N) is 1. The lowest BCUT2D eigenvalue weighted by molar-refractivity contribution is -0.00960. The van der Waals surface area contributed by atoms with Gasteiger partial charge in [0.2, 0.25) is 0 Å². The number of nitrogens with one attached hydrogen (secondary N) is 1. The predicted octanol–water partition coefficient (Wildman–Crippen LogP) is 1.19. The number of aromatic amines is 1. The molecule has 0 aliphatic heterocycles. The highest BCUT2D eigenvalue weighted by atomic mass is 16.5. The molecule has 1 unspecified atom stereocenters. The molecule has 0 aliphatic carbocycles. The van der Waals surface area contributed by atoms with Crippen molar-refractivity contribution in [2.45, 2.75) is 32.5 Å². The summed E-state index contributed by atoms with van der Waals surface area (Å²) in [6.45, 7) is 4.19. The molecule has 1 atom stereocenters. The number of hydrogen-bond donors (Lipinski definition) is 1. The van der Waals surface area contributed by atoms with E-state index in [1.807, 2.05) is 13.8 Å². The van der Waals surface area contributed by atoms with Crippen molar-refractivity contribution in [1.82, 2.24) is 9.97 Å². The second-order valence-electron chi connectivity index (χ2n) is 3.81. The van der Waals surface area contributed by atoms with Gasteiger partial charge in [0.25, 0.3) is 5.56 Å². The summed E-state index contributed by atoms with van der Waals surface area (Å²) >= 11 is 0. The Kier molecular flexibility index (Phi) is 4.20. The van der Waals surface area contributed by atoms with Crippen molar-refractivity contribution in [2.75, 3.05) is 14.2 Å². The van der Waals surface area contributed by atoms with Crippen LogP contribution in [0.25, 0.3) is 0 Å². The molecule has 0 aromatic carbocycles. The number of hydrogen-bond acceptors (Lipinski definition) is 4. The Labute approximate surface area is 94.8 Å². The van der Waals surface area contributed by atoms with Crippen LogP contribution >= 0.6 is 0 Å². The molecule has 1 aromatic heterocycles. The van der Waals surface area contributed by atoms with Crippen LogP contribution in [0.4, 0.5) is 0 Å². The maximum Gasteiger partial charge on any atom is 0.251 e. The van der Waals surface area contributed by atoms with Crippen LogP contribution in [0.15, 0.2) is 10.9 Å². The van der Waals surface area contributed by atoms with E-state index in [-0.39, 0.29) is 5.56 Å². The highest BCUT2D eigenvalue weighted by Gasteiger charge is 2.27. The molecule has 0 spiro atoms. The molecule has 16 heavy (non-hydrogen) atoms. The first-order valence-corrected chi connectivity index (χ1v) is 5.20. The molecule has 90 valence electrons. The number of rotatable bonds is 5. The number of methoxy groups -OCH3 is 2. The smallest absolute Gasteiger partial charge is 0.251 e. The van der Waals surface area contributed by atoms with Crippen LogP contribution in [-0.4, -0.2) is 24.2 Å². The third-order valence-corrected chi connectivity index (χ3v) is 2.71. The minimum atomic E-state index is -0.567. The maximum atomic E-state index is 11.5. The van der Waals surface area contributed by atoms with Gasteiger partial charge in [-0.1, -0.05) is 6.92 Å². The first kappa shape index (κ1) is 12.9. The zero-order chi connectivity index (χ0) is 12.2. The van der Waals surface area contributed by atoms with E-state index in [9.17, 15) is 4.79 Å². The highest BCUT2D eigenvalue weighted by molar-refractivity contribution is 5.07. The molecule has 1 N–H and O–H groups in total. The zero-order valence-corrected chi connectivity index (χ0v) is 10.2. The molecular formula is C11H18N2O3. The summed E-state index contributed by atoms with van der Waals surface area (Å²) in [4.78, 5) is 18.5. The summed E-state index contributed by atoms with van der Waals surface area (Å²) in [5.41, 5.74) is -0.144. The monoisotopic (exact) mass is 226 g/mol. The van der Waals surface area contributed by atoms with Crippen LogP contribution < -0.4 is 5.56 Å². The van der Waals surface area contributed by atoms with Crippen molar-refractivity contribution >= 4 is 0 Å². The molecule has 0 aliphatic rings. The summed E-state index contributed by atoms with van der Waals surface area (Å²) in [7, 11) is 3.17. The number of ether oxygens (including phenoxy) is 2. The summed E-state index contributed by atoms with van der Waals surface area (Å²) in [5.74, 6) is 0.539. The average molecular weight is 226 g/mol. The van der Waals surface area contributed by atoms with Crippen molar-refractivity contribution in [3.8, 4) is 0 Å². The van der Waals surface area contributed by atoms with E-state index >= 15 is 0 Å². The molecule has 0 amide bonds. The van der Waals surface area contributed by atoms with Gasteiger partial charge in [-0.15, -0.1) is 0 Å². The average Bonchev–Trinajstić information content (AvgIpc) is 2.27. The lowest BCUT2D eigenvalue weighted by atomic mass is 10.0. The lowest BCUT2D eigenvalue weighted by Gasteiger charge is -2.25. The Morgan fingerprint density at radius 2 is 2.19 bits per heavy atom. The summed E-state index contributed by atoms with van der Waals surface area (Å²) in [5, 5.41) is 0. The normalized spacial score (nSPS) is 14.8. The third kappa shape index (κ3) is 2.68. The summed E-state index contributed by atoms with van der Waals surface area (Å²) in [6.07, 6.45) is 0.725. The van der Waals surface area contributed by atoms with Crippen LogP contribution in [0, 0.1) is 0 Å². The first-order chi connectivity index (χ1) is 7.55. The lowest BCUT2D eigenvalue weighted by Crippen LogP contribution is -2.29. The standard InChI is InChI=1S/C11H18N2O3/c1-5-11(2,16-4)10-12-8(7-15-3)6-9(14)13-10/h6H,5,7H2,1-4H3,(H,12,13,14). The van der Waals surface area contributed by atoms with Crippen molar-refractivity contribution in [3.05, 3.63) is 27.9 Å². The molecule has 0 bridgehead atoms. The Hall–Kier alpha value is -1.20. The van der Waals surface area contributed by atoms with E-state index in [0.717, 1.165) is 6.42 Å². The van der Waals surface area contributed by atoms with Gasteiger partial charge in [-0.3, -0.25) is 4.79 Å². The third-order valence-electron chi connectivity index (χ3n) is 2.71. The van der Waals surface area contributed by atoms with E-state index in [1.165, 1.54) is 6.07 Å². The first-order valence-electron chi connectivity index (χ1n) is 5.20. The van der Waals surface area contributed by atoms with Gasteiger partial charge >= 0.3 is 0 Å². The Morgan fingerprint density at radius 3 is 2.69 bits per heavy atom. The minimum absolute atomic E-state index is 0.186. The molecule has 1 aromatic rings. The molecule has 0 radical (unpaired) electrons. The van der Waals surface area contributed by atoms with Gasteiger partial charge in [-0.05, 0) is 13.3 Å². The van der Waals surface area contributed by atoms with Crippen LogP contribution in [0.1, 0.15) is 31.8 Å². The Balaban J connectivity index is 3.18. The second-order valence-corrected chi connectivity index (χ2v) is 3.81. The number of aromatic nitrogens is 2. The van der Waals surface area contributed by atoms with Gasteiger partial charge < -0.3 is 14.5 Å². The van der Waals surface area contributed by atoms with Crippen molar-refractivity contribution in [3.63, 3.8) is 0 Å². The fourth-order valence-electron chi connectivity index (χ4n) is 1.39. The van der Waals surface area contributed by atoms with Gasteiger partial charge in [0.1, 0.15) is 11.4 Å². The van der Waals surface area contributed by atoms with Gasteiger partial charge in [0.05, 0.1) is 12.3 Å². The van der Waals surface area contributed by atoms with Crippen LogP contribution in [0.3, 0.4) is 0 Å². The molecule has 0 fully saturated rings. The highest BCUT2D eigenvalue weighted by Crippen LogP contribution is 2.24. The van der Waals surface area contributed by atoms with E-state index in [2.05, 4.69) is 9.97 Å². The summed E-state index contributed by atoms with van der Waals surface area (Å²) < 4.78 is 10.3. The minimum Gasteiger partial charge on any atom is -0.378 e. The van der Waals surface area contributed by atoms with Crippen molar-refractivity contribution in [1.29, 1.82) is 0 Å². The van der Waals surface area contributed by atoms with Crippen LogP contribution in [0.5, 0.6) is 0 Å². The van der Waals surface area contributed by atoms with E-state index < -0.39 is 5.60 Å². The zero-order valence-electron chi connectivity index (χ0n) is 10.2. The van der Waals surface area contributed by atoms with Crippen LogP contribution in [0.2, 0.25) is 0 Å². The van der Waals surface area contributed by atoms with Crippen LogP contribution in [-0.2, 0) is 21.7 Å². The predicted molar refractivity (Wildman–Crippen MR) is 60.2 cm³/mol. The largest absolute Gasteiger partial charge is 0.378 e. The van der Waals surface area contributed by atoms with Crippen molar-refractivity contribution in [2.24, 2.45) is 0 Å². The Morgan fingerprint density at radius 1 is 1.50 bits per heavy atom. The molecule has 5 nitrogen and oxygen atoms in total. The summed E-state index contributed by atoms with van der Waals surface area (Å²) in [6, 6.07) is 1.43. The van der Waals surface area contributed by atoms with Gasteiger partial charge in [0, 0.05) is 20.3 Å². The SMILES string of the molecule is CCC(C)(OC)c1nc(COC)cc(=O)[nH]1. The fraction of sp³-hybridized carbons (Fsp3) is 0.636. The topological polar surface area (TPSA) is 64.2 Å². The van der Waals surface area contributed by atoms with Gasteiger partial charge in [0.15, 0.2) is 0 Å².